The zero-order chi connectivity index (χ0) is 18.9. The molecule has 1 aromatic carbocycles. The first-order valence-electron chi connectivity index (χ1n) is 9.90. The fraction of sp³-hybridized carbons (Fsp3) is 0.682. The van der Waals surface area contributed by atoms with Gasteiger partial charge in [0.1, 0.15) is 5.78 Å². The van der Waals surface area contributed by atoms with Crippen LogP contribution < -0.4 is 0 Å². The summed E-state index contributed by atoms with van der Waals surface area (Å²) in [5.41, 5.74) is 1.87. The summed E-state index contributed by atoms with van der Waals surface area (Å²) in [5.74, 6) is 0.351. The van der Waals surface area contributed by atoms with Crippen LogP contribution in [-0.4, -0.2) is 22.6 Å². The third-order valence-corrected chi connectivity index (χ3v) is 7.35. The molecule has 2 N–H and O–H groups in total. The van der Waals surface area contributed by atoms with Crippen LogP contribution >= 0.6 is 0 Å². The molecule has 2 heterocycles. The molecule has 4 nitrogen and oxygen atoms in total. The summed E-state index contributed by atoms with van der Waals surface area (Å²) in [6, 6.07) is 1.96. The fourth-order valence-corrected chi connectivity index (χ4v) is 5.82. The number of fused-ring (bicyclic) bond motifs is 2. The summed E-state index contributed by atoms with van der Waals surface area (Å²) < 4.78 is 6.25. The van der Waals surface area contributed by atoms with E-state index in [9.17, 15) is 15.0 Å². The average molecular weight is 358 g/mol. The number of hydrogen-bond acceptors (Lipinski definition) is 4. The summed E-state index contributed by atoms with van der Waals surface area (Å²) in [7, 11) is 0. The maximum Gasteiger partial charge on any atom is 0.161 e. The molecule has 26 heavy (non-hydrogen) atoms. The highest BCUT2D eigenvalue weighted by Crippen LogP contribution is 2.60. The Morgan fingerprint density at radius 2 is 1.92 bits per heavy atom. The van der Waals surface area contributed by atoms with Crippen molar-refractivity contribution in [2.24, 2.45) is 16.7 Å². The first-order valence-corrected chi connectivity index (χ1v) is 9.90. The third kappa shape index (κ3) is 2.34. The van der Waals surface area contributed by atoms with Gasteiger partial charge in [0.25, 0.3) is 0 Å². The van der Waals surface area contributed by atoms with Gasteiger partial charge in [-0.15, -0.1) is 0 Å². The molecule has 0 aromatic heterocycles. The van der Waals surface area contributed by atoms with E-state index >= 15 is 0 Å². The van der Waals surface area contributed by atoms with Crippen molar-refractivity contribution in [3.05, 3.63) is 22.8 Å². The van der Waals surface area contributed by atoms with Crippen LogP contribution in [0.2, 0.25) is 0 Å². The van der Waals surface area contributed by atoms with Gasteiger partial charge in [0.15, 0.2) is 11.5 Å². The highest BCUT2D eigenvalue weighted by Gasteiger charge is 2.58. The number of hydrogen-bond donors (Lipinski definition) is 2. The molecule has 1 aromatic rings. The number of ether oxygens (including phenoxy) is 1. The van der Waals surface area contributed by atoms with E-state index in [0.717, 1.165) is 36.8 Å². The minimum absolute atomic E-state index is 0.0824. The van der Waals surface area contributed by atoms with Crippen molar-refractivity contribution in [2.75, 3.05) is 6.61 Å². The number of ketones is 1. The molecule has 142 valence electrons. The van der Waals surface area contributed by atoms with E-state index in [0.29, 0.717) is 18.1 Å². The molecule has 2 aliphatic carbocycles. The summed E-state index contributed by atoms with van der Waals surface area (Å²) in [4.78, 5) is 13.4. The summed E-state index contributed by atoms with van der Waals surface area (Å²) in [6.07, 6.45) is 3.95. The van der Waals surface area contributed by atoms with Gasteiger partial charge >= 0.3 is 0 Å². The molecule has 0 amide bonds. The third-order valence-electron chi connectivity index (χ3n) is 7.35. The van der Waals surface area contributed by atoms with Crippen LogP contribution in [0.1, 0.15) is 82.1 Å². The number of carbonyl (C=O) groups is 1. The maximum atomic E-state index is 13.4. The van der Waals surface area contributed by atoms with Crippen molar-refractivity contribution in [1.82, 2.24) is 0 Å². The van der Waals surface area contributed by atoms with Crippen LogP contribution in [0.25, 0.3) is 0 Å². The van der Waals surface area contributed by atoms with E-state index in [2.05, 4.69) is 13.8 Å². The molecule has 4 aliphatic rings. The van der Waals surface area contributed by atoms with Gasteiger partial charge in [0.05, 0.1) is 18.1 Å². The smallest absolute Gasteiger partial charge is 0.161 e. The number of phenolic OH excluding ortho intramolecular Hbond substituents is 2. The Morgan fingerprint density at radius 3 is 2.62 bits per heavy atom. The zero-order valence-electron chi connectivity index (χ0n) is 16.3. The SMILES string of the molecule is CC(C)c1cc2c(c(O)c1O)CC(=O)[C@]13CCCC(C)(C)C1C[C@@H]2OC3. The van der Waals surface area contributed by atoms with E-state index in [-0.39, 0.29) is 41.1 Å². The predicted octanol–water partition coefficient (Wildman–Crippen LogP) is 4.62. The minimum atomic E-state index is -0.436. The quantitative estimate of drug-likeness (QED) is 0.719. The Morgan fingerprint density at radius 1 is 1.19 bits per heavy atom. The van der Waals surface area contributed by atoms with E-state index in [1.165, 1.54) is 0 Å². The topological polar surface area (TPSA) is 66.8 Å². The molecular weight excluding hydrogens is 328 g/mol. The molecule has 3 atom stereocenters. The van der Waals surface area contributed by atoms with E-state index in [4.69, 9.17) is 4.74 Å². The second-order valence-corrected chi connectivity index (χ2v) is 9.57. The number of phenols is 2. The van der Waals surface area contributed by atoms with Crippen LogP contribution in [0.5, 0.6) is 11.5 Å². The van der Waals surface area contributed by atoms with Gasteiger partial charge in [0.2, 0.25) is 0 Å². The van der Waals surface area contributed by atoms with Crippen molar-refractivity contribution < 1.29 is 19.7 Å². The minimum Gasteiger partial charge on any atom is -0.504 e. The lowest BCUT2D eigenvalue weighted by atomic mass is 9.51. The normalized spacial score (nSPS) is 32.7. The predicted molar refractivity (Wildman–Crippen MR) is 99.4 cm³/mol. The molecule has 2 fully saturated rings. The van der Waals surface area contributed by atoms with Gasteiger partial charge in [-0.05, 0) is 48.1 Å². The standard InChI is InChI=1S/C22H30O4/c1-12(2)13-8-14-15(20(25)19(13)24)9-18(23)22-7-5-6-21(3,4)17(22)10-16(14)26-11-22/h8,12,16-17,24-25H,5-7,9-11H2,1-4H3/t16-,17?,22-/m0/s1. The Balaban J connectivity index is 1.90. The lowest BCUT2D eigenvalue weighted by molar-refractivity contribution is -0.176. The Kier molecular flexibility index (Phi) is 3.93. The number of carbonyl (C=O) groups excluding carboxylic acids is 1. The van der Waals surface area contributed by atoms with Crippen molar-refractivity contribution in [3.63, 3.8) is 0 Å². The summed E-state index contributed by atoms with van der Waals surface area (Å²) in [6.45, 7) is 9.05. The van der Waals surface area contributed by atoms with Gasteiger partial charge in [-0.3, -0.25) is 4.79 Å². The largest absolute Gasteiger partial charge is 0.504 e. The molecule has 1 unspecified atom stereocenters. The first-order chi connectivity index (χ1) is 12.2. The molecule has 2 bridgehead atoms. The molecule has 4 heteroatoms. The molecule has 0 radical (unpaired) electrons. The van der Waals surface area contributed by atoms with E-state index in [1.807, 2.05) is 19.9 Å². The van der Waals surface area contributed by atoms with Crippen LogP contribution in [0.3, 0.4) is 0 Å². The van der Waals surface area contributed by atoms with Gasteiger partial charge in [-0.2, -0.15) is 0 Å². The Hall–Kier alpha value is -1.55. The van der Waals surface area contributed by atoms with Crippen LogP contribution in [0, 0.1) is 16.7 Å². The Bertz CT molecular complexity index is 764. The molecule has 1 saturated heterocycles. The van der Waals surface area contributed by atoms with E-state index < -0.39 is 5.41 Å². The van der Waals surface area contributed by atoms with Crippen LogP contribution in [0.15, 0.2) is 6.07 Å². The molecule has 2 aliphatic heterocycles. The van der Waals surface area contributed by atoms with Gasteiger partial charge in [-0.1, -0.05) is 34.1 Å². The number of rotatable bonds is 1. The summed E-state index contributed by atoms with van der Waals surface area (Å²) in [5, 5.41) is 21.1. The monoisotopic (exact) mass is 358 g/mol. The van der Waals surface area contributed by atoms with Crippen molar-refractivity contribution in [3.8, 4) is 11.5 Å². The number of Topliss-reactive ketones (excluding diaryl/α,β-unsaturated/α-hetero) is 1. The Labute approximate surface area is 155 Å². The highest BCUT2D eigenvalue weighted by molar-refractivity contribution is 5.89. The first kappa shape index (κ1) is 17.8. The van der Waals surface area contributed by atoms with Gasteiger partial charge < -0.3 is 14.9 Å². The fourth-order valence-electron chi connectivity index (χ4n) is 5.82. The van der Waals surface area contributed by atoms with Gasteiger partial charge in [0, 0.05) is 17.5 Å². The maximum absolute atomic E-state index is 13.4. The molecule has 1 saturated carbocycles. The van der Waals surface area contributed by atoms with Gasteiger partial charge in [-0.25, -0.2) is 0 Å². The molecule has 5 rings (SSSR count). The number of aromatic hydroxyl groups is 2. The van der Waals surface area contributed by atoms with Crippen LogP contribution in [-0.2, 0) is 16.0 Å². The summed E-state index contributed by atoms with van der Waals surface area (Å²) >= 11 is 0. The average Bonchev–Trinajstić information content (AvgIpc) is 2.57. The van der Waals surface area contributed by atoms with E-state index in [1.54, 1.807) is 0 Å². The van der Waals surface area contributed by atoms with Crippen molar-refractivity contribution in [1.29, 1.82) is 0 Å². The number of benzene rings is 1. The van der Waals surface area contributed by atoms with Crippen molar-refractivity contribution >= 4 is 5.78 Å². The zero-order valence-corrected chi connectivity index (χ0v) is 16.3. The molecular formula is C22H30O4. The second kappa shape index (κ2) is 5.72. The van der Waals surface area contributed by atoms with Crippen LogP contribution in [0.4, 0.5) is 0 Å². The lowest BCUT2D eigenvalue weighted by Crippen LogP contribution is -2.56. The molecule has 1 spiro atoms. The van der Waals surface area contributed by atoms with Crippen molar-refractivity contribution in [2.45, 2.75) is 71.8 Å². The second-order valence-electron chi connectivity index (χ2n) is 9.57. The highest BCUT2D eigenvalue weighted by atomic mass is 16.5. The lowest BCUT2D eigenvalue weighted by Gasteiger charge is -2.56.